The maximum absolute atomic E-state index is 12.8. The van der Waals surface area contributed by atoms with E-state index in [0.717, 1.165) is 70.5 Å². The number of piperidine rings is 1. The Morgan fingerprint density at radius 2 is 1.56 bits per heavy atom. The van der Waals surface area contributed by atoms with Crippen LogP contribution in [0.15, 0.2) is 48.0 Å². The number of alkyl halides is 3. The third-order valence-corrected chi connectivity index (χ3v) is 8.70. The summed E-state index contributed by atoms with van der Waals surface area (Å²) in [5.74, 6) is 3.22. The van der Waals surface area contributed by atoms with Crippen molar-refractivity contribution in [3.8, 4) is 5.75 Å². The highest BCUT2D eigenvalue weighted by molar-refractivity contribution is 6.00. The number of benzene rings is 2. The van der Waals surface area contributed by atoms with Crippen molar-refractivity contribution in [1.82, 2.24) is 15.1 Å². The molecule has 1 fully saturated rings. The number of carbonyl (C=O) groups excluding carboxylic acids is 2. The predicted molar refractivity (Wildman–Crippen MR) is 218 cm³/mol. The highest BCUT2D eigenvalue weighted by Gasteiger charge is 2.30. The van der Waals surface area contributed by atoms with Gasteiger partial charge in [-0.2, -0.15) is 18.3 Å². The Labute approximate surface area is 321 Å². The van der Waals surface area contributed by atoms with E-state index in [4.69, 9.17) is 19.3 Å². The van der Waals surface area contributed by atoms with Crippen molar-refractivity contribution < 1.29 is 27.5 Å². The molecule has 3 N–H and O–H groups in total. The molecular formula is C42H63F3N6O3. The van der Waals surface area contributed by atoms with Crippen molar-refractivity contribution in [3.63, 3.8) is 0 Å². The molecule has 0 spiro atoms. The first-order chi connectivity index (χ1) is 25.5. The number of aromatic amines is 1. The quantitative estimate of drug-likeness (QED) is 0.125. The SMILES string of the molecule is C=C(Nc1ccccc1C)c1c(N=C(Nc2cc(C)c(C3CCN(CCC(F)(F)F)CC3)cc2OC(C)C)C(C)CC)n[nH]c1C.C=O.C=O.CC(C)C. The molecule has 1 atom stereocenters. The number of carbonyl (C=O) groups is 2. The van der Waals surface area contributed by atoms with Crippen LogP contribution in [0.3, 0.4) is 0 Å². The van der Waals surface area contributed by atoms with Gasteiger partial charge in [0.1, 0.15) is 25.2 Å². The largest absolute Gasteiger partial charge is 0.489 e. The van der Waals surface area contributed by atoms with Crippen molar-refractivity contribution in [2.75, 3.05) is 30.3 Å². The maximum Gasteiger partial charge on any atom is 0.390 e. The molecule has 4 rings (SSSR count). The van der Waals surface area contributed by atoms with Gasteiger partial charge in [0.15, 0.2) is 5.82 Å². The summed E-state index contributed by atoms with van der Waals surface area (Å²) in [7, 11) is 0. The van der Waals surface area contributed by atoms with Gasteiger partial charge < -0.3 is 29.9 Å². The fourth-order valence-electron chi connectivity index (χ4n) is 5.85. The highest BCUT2D eigenvalue weighted by Crippen LogP contribution is 2.38. The molecule has 1 aliphatic rings. The van der Waals surface area contributed by atoms with E-state index >= 15 is 0 Å². The number of aromatic nitrogens is 2. The Hall–Kier alpha value is -4.45. The van der Waals surface area contributed by atoms with Crippen LogP contribution >= 0.6 is 0 Å². The number of H-pyrrole nitrogens is 1. The number of nitrogens with one attached hydrogen (secondary N) is 3. The van der Waals surface area contributed by atoms with Crippen LogP contribution in [0.4, 0.5) is 30.4 Å². The first kappa shape index (κ1) is 47.6. The molecule has 54 heavy (non-hydrogen) atoms. The average molecular weight is 757 g/mol. The second-order valence-corrected chi connectivity index (χ2v) is 14.5. The summed E-state index contributed by atoms with van der Waals surface area (Å²) in [6, 6.07) is 12.3. The smallest absolute Gasteiger partial charge is 0.390 e. The van der Waals surface area contributed by atoms with Gasteiger partial charge in [0.25, 0.3) is 0 Å². The highest BCUT2D eigenvalue weighted by atomic mass is 19.4. The van der Waals surface area contributed by atoms with E-state index in [1.807, 2.05) is 70.4 Å². The van der Waals surface area contributed by atoms with Crippen molar-refractivity contribution in [2.45, 2.75) is 113 Å². The van der Waals surface area contributed by atoms with Crippen LogP contribution in [0.1, 0.15) is 108 Å². The van der Waals surface area contributed by atoms with Gasteiger partial charge in [-0.05, 0) is 114 Å². The summed E-state index contributed by atoms with van der Waals surface area (Å²) in [5, 5.41) is 14.7. The lowest BCUT2D eigenvalue weighted by Gasteiger charge is -2.33. The van der Waals surface area contributed by atoms with Crippen LogP contribution < -0.4 is 15.4 Å². The third kappa shape index (κ3) is 15.5. The maximum atomic E-state index is 12.8. The van der Waals surface area contributed by atoms with Crippen molar-refractivity contribution >= 4 is 42.3 Å². The first-order valence-electron chi connectivity index (χ1n) is 18.6. The minimum Gasteiger partial charge on any atom is -0.489 e. The van der Waals surface area contributed by atoms with Crippen LogP contribution in [0.2, 0.25) is 0 Å². The van der Waals surface area contributed by atoms with Crippen molar-refractivity contribution in [1.29, 1.82) is 0 Å². The summed E-state index contributed by atoms with van der Waals surface area (Å²) in [4.78, 5) is 23.0. The summed E-state index contributed by atoms with van der Waals surface area (Å²) < 4.78 is 44.6. The van der Waals surface area contributed by atoms with Gasteiger partial charge in [-0.15, -0.1) is 0 Å². The molecule has 0 bridgehead atoms. The monoisotopic (exact) mass is 756 g/mol. The molecule has 2 aromatic carbocycles. The number of halogens is 3. The fourth-order valence-corrected chi connectivity index (χ4v) is 5.85. The van der Waals surface area contributed by atoms with Crippen LogP contribution in [-0.2, 0) is 9.59 Å². The first-order valence-corrected chi connectivity index (χ1v) is 18.6. The lowest BCUT2D eigenvalue weighted by Crippen LogP contribution is -2.35. The number of rotatable bonds is 12. The van der Waals surface area contributed by atoms with Gasteiger partial charge in [0.05, 0.1) is 23.8 Å². The number of aliphatic imine (C=N–C) groups is 1. The average Bonchev–Trinajstić information content (AvgIpc) is 3.49. The summed E-state index contributed by atoms with van der Waals surface area (Å²) >= 11 is 0. The lowest BCUT2D eigenvalue weighted by atomic mass is 9.86. The Morgan fingerprint density at radius 1 is 0.963 bits per heavy atom. The number of hydrogen-bond donors (Lipinski definition) is 3. The van der Waals surface area contributed by atoms with Crippen LogP contribution in [0.5, 0.6) is 5.75 Å². The van der Waals surface area contributed by atoms with Crippen LogP contribution in [0, 0.1) is 32.6 Å². The van der Waals surface area contributed by atoms with Gasteiger partial charge in [0.2, 0.25) is 0 Å². The normalized spacial score (nSPS) is 14.2. The molecule has 3 aromatic rings. The fraction of sp³-hybridized carbons (Fsp3) is 0.524. The van der Waals surface area contributed by atoms with Gasteiger partial charge >= 0.3 is 6.18 Å². The van der Waals surface area contributed by atoms with E-state index in [1.165, 1.54) is 5.56 Å². The molecule has 1 aliphatic heterocycles. The molecule has 1 aromatic heterocycles. The second-order valence-electron chi connectivity index (χ2n) is 14.5. The second kappa shape index (κ2) is 23.4. The molecule has 300 valence electrons. The van der Waals surface area contributed by atoms with Gasteiger partial charge in [0, 0.05) is 29.5 Å². The summed E-state index contributed by atoms with van der Waals surface area (Å²) in [6.07, 6.45) is -2.46. The number of aryl methyl sites for hydroxylation is 3. The molecule has 0 aliphatic carbocycles. The van der Waals surface area contributed by atoms with E-state index in [1.54, 1.807) is 0 Å². The number of nitrogens with zero attached hydrogens (tertiary/aromatic N) is 3. The Morgan fingerprint density at radius 3 is 2.09 bits per heavy atom. The Balaban J connectivity index is 0.00000168. The number of para-hydroxylation sites is 1. The topological polar surface area (TPSA) is 112 Å². The van der Waals surface area contributed by atoms with Crippen molar-refractivity contribution in [3.05, 3.63) is 70.9 Å². The minimum atomic E-state index is -4.12. The molecular weight excluding hydrogens is 693 g/mol. The Bertz CT molecular complexity index is 1610. The molecule has 2 heterocycles. The summed E-state index contributed by atoms with van der Waals surface area (Å²) in [5.41, 5.74) is 7.59. The van der Waals surface area contributed by atoms with Gasteiger partial charge in [-0.3, -0.25) is 5.10 Å². The van der Waals surface area contributed by atoms with E-state index in [2.05, 4.69) is 81.1 Å². The zero-order valence-corrected chi connectivity index (χ0v) is 34.0. The lowest BCUT2D eigenvalue weighted by molar-refractivity contribution is -0.138. The molecule has 0 saturated carbocycles. The van der Waals surface area contributed by atoms with Gasteiger partial charge in [-0.25, -0.2) is 4.99 Å². The molecule has 0 radical (unpaired) electrons. The zero-order chi connectivity index (χ0) is 41.2. The Kier molecular flexibility index (Phi) is 20.6. The molecule has 9 nitrogen and oxygen atoms in total. The zero-order valence-electron chi connectivity index (χ0n) is 34.0. The molecule has 12 heteroatoms. The van der Waals surface area contributed by atoms with E-state index in [9.17, 15) is 13.2 Å². The molecule has 0 amide bonds. The van der Waals surface area contributed by atoms with E-state index in [0.29, 0.717) is 24.6 Å². The summed E-state index contributed by atoms with van der Waals surface area (Å²) in [6.45, 7) is 30.5. The number of hydrogen-bond acceptors (Lipinski definition) is 7. The standard InChI is InChI=1S/C36H49F3N6O.C4H10.2CH2O/c1-9-23(4)34(42-35-33(27(8)43-44-35)26(7)40-30-13-11-10-12-24(30)5)41-31-20-25(6)29(21-32(31)46-22(2)3)28-14-17-45(18-15-28)19-16-36(37,38)39;1-4(2)3;2*1-2/h10-13,20-23,28,40H,7,9,14-19H2,1-6,8H3,(H2,41,42,43,44);4H,1-3H3;2*1H2. The molecule has 1 unspecified atom stereocenters. The third-order valence-electron chi connectivity index (χ3n) is 8.70. The van der Waals surface area contributed by atoms with E-state index in [-0.39, 0.29) is 24.5 Å². The van der Waals surface area contributed by atoms with Crippen LogP contribution in [0.25, 0.3) is 5.70 Å². The van der Waals surface area contributed by atoms with Crippen molar-refractivity contribution in [2.24, 2.45) is 16.8 Å². The minimum absolute atomic E-state index is 0.0549. The molecule has 1 saturated heterocycles. The van der Waals surface area contributed by atoms with E-state index < -0.39 is 12.6 Å². The number of likely N-dealkylation sites (tertiary alicyclic amines) is 1. The van der Waals surface area contributed by atoms with Crippen LogP contribution in [-0.4, -0.2) is 66.4 Å². The number of ether oxygens (including phenoxy) is 1. The number of amidine groups is 1. The number of anilines is 2. The van der Waals surface area contributed by atoms with Gasteiger partial charge in [-0.1, -0.05) is 59.4 Å². The predicted octanol–water partition coefficient (Wildman–Crippen LogP) is 10.8.